The summed E-state index contributed by atoms with van der Waals surface area (Å²) in [5, 5.41) is 14.1. The number of aliphatic carboxylic acids is 1. The average Bonchev–Trinajstić information content (AvgIpc) is 3.11. The van der Waals surface area contributed by atoms with E-state index in [1.165, 1.54) is 6.92 Å². The molecule has 11 heteroatoms. The van der Waals surface area contributed by atoms with Gasteiger partial charge in [0.15, 0.2) is 24.0 Å². The third-order valence-electron chi connectivity index (χ3n) is 5.39. The number of ether oxygens (including phenoxy) is 5. The summed E-state index contributed by atoms with van der Waals surface area (Å²) in [7, 11) is 0. The zero-order chi connectivity index (χ0) is 23.3. The Bertz CT molecular complexity index is 738. The normalized spacial score (nSPS) is 35.0. The molecule has 0 bridgehead atoms. The van der Waals surface area contributed by atoms with Gasteiger partial charge < -0.3 is 39.4 Å². The highest BCUT2D eigenvalue weighted by molar-refractivity contribution is 5.91. The number of hydrogen-bond acceptors (Lipinski definition) is 8. The van der Waals surface area contributed by atoms with E-state index in [1.54, 1.807) is 41.5 Å². The molecule has 0 aromatic carbocycles. The molecule has 0 aromatic heterocycles. The van der Waals surface area contributed by atoms with Gasteiger partial charge in [-0.2, -0.15) is 0 Å². The van der Waals surface area contributed by atoms with Crippen molar-refractivity contribution < 1.29 is 43.2 Å². The van der Waals surface area contributed by atoms with Crippen LogP contribution in [0.2, 0.25) is 0 Å². The zero-order valence-electron chi connectivity index (χ0n) is 18.8. The largest absolute Gasteiger partial charge is 0.480 e. The summed E-state index contributed by atoms with van der Waals surface area (Å²) in [5.74, 6) is -4.55. The molecule has 3 heterocycles. The molecule has 0 spiro atoms. The Labute approximate surface area is 181 Å². The first-order valence-electron chi connectivity index (χ1n) is 10.4. The lowest BCUT2D eigenvalue weighted by Gasteiger charge is -2.37. The number of hydrogen-bond donors (Lipinski definition) is 3. The summed E-state index contributed by atoms with van der Waals surface area (Å²) >= 11 is 0. The molecule has 0 unspecified atom stereocenters. The minimum absolute atomic E-state index is 0.306. The SMILES string of the molecule is CC(C)[C@H](NC(=O)[C@H]1O[C@@H]2OC(C)(C)O[C@@H]2[C@H]2OC(C)(C)O[C@H]21)C(=O)N[C@H](C)C(=O)O. The molecule has 2 amide bonds. The molecule has 0 radical (unpaired) electrons. The third kappa shape index (κ3) is 5.01. The highest BCUT2D eigenvalue weighted by atomic mass is 16.9. The van der Waals surface area contributed by atoms with Crippen LogP contribution < -0.4 is 10.6 Å². The number of carbonyl (C=O) groups is 3. The number of amides is 2. The maximum Gasteiger partial charge on any atom is 0.325 e. The second kappa shape index (κ2) is 8.28. The summed E-state index contributed by atoms with van der Waals surface area (Å²) in [6.07, 6.45) is -3.92. The fourth-order valence-corrected chi connectivity index (χ4v) is 3.96. The molecular formula is C20H32N2O9. The van der Waals surface area contributed by atoms with Gasteiger partial charge in [0, 0.05) is 0 Å². The maximum absolute atomic E-state index is 13.2. The highest BCUT2D eigenvalue weighted by Gasteiger charge is 2.62. The van der Waals surface area contributed by atoms with E-state index >= 15 is 0 Å². The van der Waals surface area contributed by atoms with Gasteiger partial charge in [0.25, 0.3) is 5.91 Å². The van der Waals surface area contributed by atoms with Crippen LogP contribution in [0.15, 0.2) is 0 Å². The fourth-order valence-electron chi connectivity index (χ4n) is 3.96. The van der Waals surface area contributed by atoms with E-state index in [0.717, 1.165) is 0 Å². The van der Waals surface area contributed by atoms with E-state index < -0.39 is 72.1 Å². The molecule has 3 fully saturated rings. The van der Waals surface area contributed by atoms with Crippen LogP contribution in [0.4, 0.5) is 0 Å². The Morgan fingerprint density at radius 1 is 0.839 bits per heavy atom. The highest BCUT2D eigenvalue weighted by Crippen LogP contribution is 2.44. The van der Waals surface area contributed by atoms with Crippen LogP contribution >= 0.6 is 0 Å². The van der Waals surface area contributed by atoms with Gasteiger partial charge in [0.2, 0.25) is 5.91 Å². The Morgan fingerprint density at radius 3 is 1.97 bits per heavy atom. The van der Waals surface area contributed by atoms with E-state index in [9.17, 15) is 14.4 Å². The van der Waals surface area contributed by atoms with Crippen molar-refractivity contribution in [3.8, 4) is 0 Å². The van der Waals surface area contributed by atoms with E-state index in [0.29, 0.717) is 0 Å². The number of rotatable bonds is 6. The summed E-state index contributed by atoms with van der Waals surface area (Å²) in [6, 6.07) is -2.07. The molecular weight excluding hydrogens is 412 g/mol. The van der Waals surface area contributed by atoms with Crippen molar-refractivity contribution in [1.82, 2.24) is 10.6 Å². The van der Waals surface area contributed by atoms with Gasteiger partial charge in [0.05, 0.1) is 0 Å². The van der Waals surface area contributed by atoms with Crippen LogP contribution in [0, 0.1) is 5.92 Å². The lowest BCUT2D eigenvalue weighted by atomic mass is 9.97. The van der Waals surface area contributed by atoms with Gasteiger partial charge in [-0.1, -0.05) is 13.8 Å². The smallest absolute Gasteiger partial charge is 0.325 e. The standard InChI is InChI=1S/C20H32N2O9/c1-8(2)10(15(23)21-9(3)17(25)26)22-16(24)13-11-12(29-19(4,5)28-11)14-18(27-13)31-20(6,7)30-14/h8-14,18H,1-7H3,(H,21,23)(H,22,24)(H,25,26)/t9-,10+,11-,12+,13+,14-,18-/m1/s1. The summed E-state index contributed by atoms with van der Waals surface area (Å²) < 4.78 is 29.5. The molecule has 0 aliphatic carbocycles. The van der Waals surface area contributed by atoms with E-state index in [4.69, 9.17) is 28.8 Å². The first-order chi connectivity index (χ1) is 14.2. The van der Waals surface area contributed by atoms with E-state index in [-0.39, 0.29) is 5.92 Å². The quantitative estimate of drug-likeness (QED) is 0.520. The molecule has 3 N–H and O–H groups in total. The monoisotopic (exact) mass is 444 g/mol. The number of carbonyl (C=O) groups excluding carboxylic acids is 2. The molecule has 0 saturated carbocycles. The van der Waals surface area contributed by atoms with Gasteiger partial charge in [-0.05, 0) is 40.5 Å². The maximum atomic E-state index is 13.2. The lowest BCUT2D eigenvalue weighted by molar-refractivity contribution is -0.231. The van der Waals surface area contributed by atoms with Crippen LogP contribution in [-0.4, -0.2) is 77.3 Å². The second-order valence-electron chi connectivity index (χ2n) is 9.39. The van der Waals surface area contributed by atoms with Crippen molar-refractivity contribution in [2.75, 3.05) is 0 Å². The first-order valence-corrected chi connectivity index (χ1v) is 10.4. The van der Waals surface area contributed by atoms with Crippen LogP contribution in [-0.2, 0) is 38.1 Å². The minimum Gasteiger partial charge on any atom is -0.480 e. The second-order valence-corrected chi connectivity index (χ2v) is 9.39. The fraction of sp³-hybridized carbons (Fsp3) is 0.850. The minimum atomic E-state index is -1.17. The van der Waals surface area contributed by atoms with Crippen molar-refractivity contribution in [2.24, 2.45) is 5.92 Å². The van der Waals surface area contributed by atoms with E-state index in [2.05, 4.69) is 10.6 Å². The van der Waals surface area contributed by atoms with Crippen molar-refractivity contribution in [3.05, 3.63) is 0 Å². The average molecular weight is 444 g/mol. The predicted molar refractivity (Wildman–Crippen MR) is 105 cm³/mol. The summed E-state index contributed by atoms with van der Waals surface area (Å²) in [4.78, 5) is 36.8. The number of nitrogens with one attached hydrogen (secondary N) is 2. The Kier molecular flexibility index (Phi) is 6.38. The zero-order valence-corrected chi connectivity index (χ0v) is 18.8. The Balaban J connectivity index is 1.77. The van der Waals surface area contributed by atoms with Crippen molar-refractivity contribution in [2.45, 2.75) is 103 Å². The molecule has 0 aromatic rings. The first kappa shape index (κ1) is 23.9. The van der Waals surface area contributed by atoms with Gasteiger partial charge >= 0.3 is 5.97 Å². The topological polar surface area (TPSA) is 142 Å². The Hall–Kier alpha value is -1.79. The van der Waals surface area contributed by atoms with Crippen LogP contribution in [0.25, 0.3) is 0 Å². The van der Waals surface area contributed by atoms with Crippen LogP contribution in [0.1, 0.15) is 48.5 Å². The number of carboxylic acids is 1. The molecule has 3 saturated heterocycles. The molecule has 7 atom stereocenters. The number of carboxylic acid groups (broad SMARTS) is 1. The molecule has 3 aliphatic heterocycles. The number of fused-ring (bicyclic) bond motifs is 3. The molecule has 176 valence electrons. The van der Waals surface area contributed by atoms with Crippen LogP contribution in [0.3, 0.4) is 0 Å². The van der Waals surface area contributed by atoms with Gasteiger partial charge in [0.1, 0.15) is 30.4 Å². The summed E-state index contributed by atoms with van der Waals surface area (Å²) in [6.45, 7) is 11.8. The van der Waals surface area contributed by atoms with Crippen molar-refractivity contribution in [1.29, 1.82) is 0 Å². The summed E-state index contributed by atoms with van der Waals surface area (Å²) in [5.41, 5.74) is 0. The van der Waals surface area contributed by atoms with E-state index in [1.807, 2.05) is 0 Å². The van der Waals surface area contributed by atoms with Crippen molar-refractivity contribution in [3.63, 3.8) is 0 Å². The third-order valence-corrected chi connectivity index (χ3v) is 5.39. The molecule has 31 heavy (non-hydrogen) atoms. The molecule has 3 aliphatic rings. The van der Waals surface area contributed by atoms with Gasteiger partial charge in [-0.25, -0.2) is 0 Å². The van der Waals surface area contributed by atoms with Crippen molar-refractivity contribution >= 4 is 17.8 Å². The molecule has 11 nitrogen and oxygen atoms in total. The van der Waals surface area contributed by atoms with Gasteiger partial charge in [-0.3, -0.25) is 14.4 Å². The van der Waals surface area contributed by atoms with Crippen LogP contribution in [0.5, 0.6) is 0 Å². The Morgan fingerprint density at radius 2 is 1.39 bits per heavy atom. The lowest BCUT2D eigenvalue weighted by Crippen LogP contribution is -2.62. The predicted octanol–water partition coefficient (Wildman–Crippen LogP) is 0.113. The molecule has 3 rings (SSSR count). The van der Waals surface area contributed by atoms with Gasteiger partial charge in [-0.15, -0.1) is 0 Å².